The van der Waals surface area contributed by atoms with Crippen molar-refractivity contribution in [3.05, 3.63) is 35.9 Å². The first-order valence-corrected chi connectivity index (χ1v) is 6.57. The summed E-state index contributed by atoms with van der Waals surface area (Å²) in [6, 6.07) is 4.43. The van der Waals surface area contributed by atoms with Gasteiger partial charge in [0.25, 0.3) is 0 Å². The van der Waals surface area contributed by atoms with Crippen molar-refractivity contribution in [3.8, 4) is 11.4 Å². The average Bonchev–Trinajstić information content (AvgIpc) is 2.93. The second-order valence-electron chi connectivity index (χ2n) is 4.57. The molecule has 0 atom stereocenters. The SMILES string of the molecule is COc1cc(-n2cc(CCCCC(=O)O)nn2)ccc1F. The van der Waals surface area contributed by atoms with Gasteiger partial charge in [-0.15, -0.1) is 5.10 Å². The minimum Gasteiger partial charge on any atom is -0.494 e. The van der Waals surface area contributed by atoms with Crippen LogP contribution in [0.1, 0.15) is 25.0 Å². The first-order chi connectivity index (χ1) is 10.1. The molecule has 112 valence electrons. The van der Waals surface area contributed by atoms with Crippen LogP contribution in [0.25, 0.3) is 5.69 Å². The quantitative estimate of drug-likeness (QED) is 0.792. The number of benzene rings is 1. The van der Waals surface area contributed by atoms with E-state index < -0.39 is 11.8 Å². The number of aryl methyl sites for hydroxylation is 1. The number of rotatable bonds is 7. The molecule has 0 spiro atoms. The highest BCUT2D eigenvalue weighted by Gasteiger charge is 2.07. The van der Waals surface area contributed by atoms with Crippen molar-refractivity contribution in [2.24, 2.45) is 0 Å². The normalized spacial score (nSPS) is 10.6. The number of carboxylic acids is 1. The van der Waals surface area contributed by atoms with Gasteiger partial charge in [0.05, 0.1) is 24.7 Å². The van der Waals surface area contributed by atoms with Gasteiger partial charge in [-0.1, -0.05) is 5.21 Å². The average molecular weight is 293 g/mol. The fraction of sp³-hybridized carbons (Fsp3) is 0.357. The Morgan fingerprint density at radius 2 is 2.24 bits per heavy atom. The molecule has 0 fully saturated rings. The van der Waals surface area contributed by atoms with E-state index in [-0.39, 0.29) is 12.2 Å². The van der Waals surface area contributed by atoms with Gasteiger partial charge in [-0.3, -0.25) is 4.79 Å². The maximum Gasteiger partial charge on any atom is 0.303 e. The number of halogens is 1. The number of aliphatic carboxylic acids is 1. The second-order valence-corrected chi connectivity index (χ2v) is 4.57. The molecule has 1 N–H and O–H groups in total. The van der Waals surface area contributed by atoms with Gasteiger partial charge >= 0.3 is 5.97 Å². The molecular formula is C14H16FN3O3. The first kappa shape index (κ1) is 15.0. The number of hydrogen-bond donors (Lipinski definition) is 1. The van der Waals surface area contributed by atoms with Gasteiger partial charge in [-0.2, -0.15) is 0 Å². The van der Waals surface area contributed by atoms with Gasteiger partial charge in [-0.05, 0) is 31.4 Å². The van der Waals surface area contributed by atoms with E-state index in [2.05, 4.69) is 10.3 Å². The summed E-state index contributed by atoms with van der Waals surface area (Å²) in [4.78, 5) is 10.4. The Balaban J connectivity index is 2.01. The van der Waals surface area contributed by atoms with Gasteiger partial charge in [0.2, 0.25) is 0 Å². The van der Waals surface area contributed by atoms with Crippen LogP contribution < -0.4 is 4.74 Å². The Labute approximate surface area is 121 Å². The highest BCUT2D eigenvalue weighted by atomic mass is 19.1. The van der Waals surface area contributed by atoms with Crippen molar-refractivity contribution in [1.29, 1.82) is 0 Å². The Hall–Kier alpha value is -2.44. The van der Waals surface area contributed by atoms with E-state index in [9.17, 15) is 9.18 Å². The number of carbonyl (C=O) groups is 1. The van der Waals surface area contributed by atoms with E-state index in [4.69, 9.17) is 9.84 Å². The lowest BCUT2D eigenvalue weighted by molar-refractivity contribution is -0.137. The van der Waals surface area contributed by atoms with E-state index in [0.29, 0.717) is 18.5 Å². The molecule has 0 amide bonds. The van der Waals surface area contributed by atoms with Crippen LogP contribution >= 0.6 is 0 Å². The second kappa shape index (κ2) is 6.83. The number of hydrogen-bond acceptors (Lipinski definition) is 4. The lowest BCUT2D eigenvalue weighted by atomic mass is 10.1. The zero-order valence-corrected chi connectivity index (χ0v) is 11.6. The van der Waals surface area contributed by atoms with Gasteiger partial charge in [0.15, 0.2) is 11.6 Å². The zero-order chi connectivity index (χ0) is 15.2. The molecule has 0 saturated carbocycles. The largest absolute Gasteiger partial charge is 0.494 e. The molecule has 0 bridgehead atoms. The molecule has 1 aromatic heterocycles. The molecular weight excluding hydrogens is 277 g/mol. The molecule has 2 aromatic rings. The molecule has 0 saturated heterocycles. The van der Waals surface area contributed by atoms with Crippen molar-refractivity contribution in [1.82, 2.24) is 15.0 Å². The van der Waals surface area contributed by atoms with Gasteiger partial charge < -0.3 is 9.84 Å². The third kappa shape index (κ3) is 4.01. The Bertz CT molecular complexity index is 628. The zero-order valence-electron chi connectivity index (χ0n) is 11.6. The van der Waals surface area contributed by atoms with Crippen molar-refractivity contribution in [3.63, 3.8) is 0 Å². The highest BCUT2D eigenvalue weighted by molar-refractivity contribution is 5.66. The summed E-state index contributed by atoms with van der Waals surface area (Å²) in [6.45, 7) is 0. The van der Waals surface area contributed by atoms with E-state index >= 15 is 0 Å². The molecule has 0 unspecified atom stereocenters. The summed E-state index contributed by atoms with van der Waals surface area (Å²) in [6.07, 6.45) is 3.90. The Kier molecular flexibility index (Phi) is 4.86. The van der Waals surface area contributed by atoms with Gasteiger partial charge in [-0.25, -0.2) is 9.07 Å². The Morgan fingerprint density at radius 1 is 1.43 bits per heavy atom. The molecule has 0 aliphatic heterocycles. The van der Waals surface area contributed by atoms with Crippen LogP contribution in [0.2, 0.25) is 0 Å². The van der Waals surface area contributed by atoms with Crippen molar-refractivity contribution in [2.45, 2.75) is 25.7 Å². The maximum atomic E-state index is 13.3. The summed E-state index contributed by atoms with van der Waals surface area (Å²) >= 11 is 0. The molecule has 0 aliphatic carbocycles. The van der Waals surface area contributed by atoms with Gasteiger partial charge in [0.1, 0.15) is 0 Å². The summed E-state index contributed by atoms with van der Waals surface area (Å²) in [7, 11) is 1.40. The monoisotopic (exact) mass is 293 g/mol. The van der Waals surface area contributed by atoms with Crippen molar-refractivity contribution in [2.75, 3.05) is 7.11 Å². The highest BCUT2D eigenvalue weighted by Crippen LogP contribution is 2.20. The number of nitrogens with zero attached hydrogens (tertiary/aromatic N) is 3. The number of ether oxygens (including phenoxy) is 1. The van der Waals surface area contributed by atoms with E-state index in [1.807, 2.05) is 0 Å². The van der Waals surface area contributed by atoms with Crippen LogP contribution in [0.4, 0.5) is 4.39 Å². The number of carboxylic acid groups (broad SMARTS) is 1. The predicted octanol–water partition coefficient (Wildman–Crippen LogP) is 2.21. The summed E-state index contributed by atoms with van der Waals surface area (Å²) in [5.41, 5.74) is 1.42. The minimum absolute atomic E-state index is 0.144. The molecule has 1 heterocycles. The van der Waals surface area contributed by atoms with E-state index in [1.54, 1.807) is 12.3 Å². The van der Waals surface area contributed by atoms with E-state index in [0.717, 1.165) is 12.1 Å². The molecule has 1 aromatic carbocycles. The van der Waals surface area contributed by atoms with Crippen LogP contribution in [0.3, 0.4) is 0 Å². The fourth-order valence-electron chi connectivity index (χ4n) is 1.91. The fourth-order valence-corrected chi connectivity index (χ4v) is 1.91. The summed E-state index contributed by atoms with van der Waals surface area (Å²) < 4.78 is 19.8. The van der Waals surface area contributed by atoms with Crippen LogP contribution in [-0.2, 0) is 11.2 Å². The topological polar surface area (TPSA) is 77.2 Å². The van der Waals surface area contributed by atoms with Crippen LogP contribution in [0, 0.1) is 5.82 Å². The first-order valence-electron chi connectivity index (χ1n) is 6.57. The summed E-state index contributed by atoms with van der Waals surface area (Å²) in [5, 5.41) is 16.6. The lowest BCUT2D eigenvalue weighted by Crippen LogP contribution is -1.97. The maximum absolute atomic E-state index is 13.3. The van der Waals surface area contributed by atoms with Crippen molar-refractivity contribution >= 4 is 5.97 Å². The molecule has 0 aliphatic rings. The minimum atomic E-state index is -0.794. The predicted molar refractivity (Wildman–Crippen MR) is 73.1 cm³/mol. The summed E-state index contributed by atoms with van der Waals surface area (Å²) in [5.74, 6) is -1.08. The molecule has 21 heavy (non-hydrogen) atoms. The van der Waals surface area contributed by atoms with Crippen LogP contribution in [0.5, 0.6) is 5.75 Å². The van der Waals surface area contributed by atoms with Crippen molar-refractivity contribution < 1.29 is 19.0 Å². The third-order valence-corrected chi connectivity index (χ3v) is 3.01. The standard InChI is InChI=1S/C14H16FN3O3/c1-21-13-8-11(6-7-12(13)15)18-9-10(16-17-18)4-2-3-5-14(19)20/h6-9H,2-5H2,1H3,(H,19,20). The number of methoxy groups -OCH3 is 1. The van der Waals surface area contributed by atoms with Crippen LogP contribution in [0.15, 0.2) is 24.4 Å². The lowest BCUT2D eigenvalue weighted by Gasteiger charge is -2.04. The third-order valence-electron chi connectivity index (χ3n) is 3.01. The molecule has 7 heteroatoms. The number of aromatic nitrogens is 3. The molecule has 2 rings (SSSR count). The van der Waals surface area contributed by atoms with Crippen LogP contribution in [-0.4, -0.2) is 33.2 Å². The Morgan fingerprint density at radius 3 is 2.95 bits per heavy atom. The molecule has 6 nitrogen and oxygen atoms in total. The van der Waals surface area contributed by atoms with E-state index in [1.165, 1.54) is 23.9 Å². The number of unbranched alkanes of at least 4 members (excludes halogenated alkanes) is 1. The van der Waals surface area contributed by atoms with Gasteiger partial charge in [0, 0.05) is 12.5 Å². The molecule has 0 radical (unpaired) electrons. The smallest absolute Gasteiger partial charge is 0.303 e.